The van der Waals surface area contributed by atoms with Gasteiger partial charge in [0.2, 0.25) is 0 Å². The van der Waals surface area contributed by atoms with E-state index in [1.807, 2.05) is 6.07 Å². The highest BCUT2D eigenvalue weighted by atomic mass is 32.2. The first-order valence-corrected chi connectivity index (χ1v) is 11.1. The van der Waals surface area contributed by atoms with E-state index in [9.17, 15) is 19.7 Å². The Morgan fingerprint density at radius 1 is 1.12 bits per heavy atom. The highest BCUT2D eigenvalue weighted by Crippen LogP contribution is 2.34. The summed E-state index contributed by atoms with van der Waals surface area (Å²) in [6.45, 7) is 1.96. The fourth-order valence-corrected chi connectivity index (χ4v) is 4.27. The summed E-state index contributed by atoms with van der Waals surface area (Å²) in [4.78, 5) is 37.0. The average Bonchev–Trinajstić information content (AvgIpc) is 3.39. The predicted molar refractivity (Wildman–Crippen MR) is 127 cm³/mol. The van der Waals surface area contributed by atoms with Crippen LogP contribution in [-0.2, 0) is 4.79 Å². The Kier molecular flexibility index (Phi) is 6.69. The fourth-order valence-electron chi connectivity index (χ4n) is 3.42. The van der Waals surface area contributed by atoms with Crippen LogP contribution in [0.2, 0.25) is 0 Å². The minimum atomic E-state index is -0.457. The number of hydrogen-bond acceptors (Lipinski definition) is 8. The molecule has 1 aromatic heterocycles. The fraction of sp³-hybridized carbons (Fsp3) is 0.167. The molecule has 0 spiro atoms. The van der Waals surface area contributed by atoms with E-state index in [4.69, 9.17) is 13.9 Å². The van der Waals surface area contributed by atoms with E-state index in [0.717, 1.165) is 16.7 Å². The monoisotopic (exact) mass is 480 g/mol. The van der Waals surface area contributed by atoms with Gasteiger partial charge in [-0.1, -0.05) is 12.1 Å². The smallest absolute Gasteiger partial charge is 0.293 e. The van der Waals surface area contributed by atoms with Gasteiger partial charge in [0.1, 0.15) is 18.1 Å². The number of ether oxygens (including phenoxy) is 2. The molecule has 1 saturated heterocycles. The molecule has 174 valence electrons. The highest BCUT2D eigenvalue weighted by molar-refractivity contribution is 8.18. The summed E-state index contributed by atoms with van der Waals surface area (Å²) in [5.41, 5.74) is 1.38. The van der Waals surface area contributed by atoms with E-state index in [1.54, 1.807) is 43.3 Å². The zero-order valence-corrected chi connectivity index (χ0v) is 19.2. The van der Waals surface area contributed by atoms with Crippen molar-refractivity contribution in [2.75, 3.05) is 20.3 Å². The zero-order chi connectivity index (χ0) is 24.2. The number of carbonyl (C=O) groups excluding carboxylic acids is 2. The van der Waals surface area contributed by atoms with Crippen LogP contribution in [0.5, 0.6) is 11.5 Å². The number of rotatable bonds is 8. The molecule has 1 fully saturated rings. The Labute approximate surface area is 199 Å². The van der Waals surface area contributed by atoms with Gasteiger partial charge in [-0.05, 0) is 54.6 Å². The number of benzene rings is 2. The molecule has 3 aromatic rings. The normalized spacial score (nSPS) is 14.6. The van der Waals surface area contributed by atoms with Gasteiger partial charge in [0.15, 0.2) is 11.5 Å². The van der Waals surface area contributed by atoms with Crippen molar-refractivity contribution < 1.29 is 28.4 Å². The van der Waals surface area contributed by atoms with E-state index < -0.39 is 16.1 Å². The predicted octanol–water partition coefficient (Wildman–Crippen LogP) is 5.29. The van der Waals surface area contributed by atoms with Crippen LogP contribution in [0.3, 0.4) is 0 Å². The van der Waals surface area contributed by atoms with Crippen molar-refractivity contribution in [3.8, 4) is 22.8 Å². The van der Waals surface area contributed by atoms with Crippen LogP contribution in [0.1, 0.15) is 11.3 Å². The number of nitro groups is 1. The van der Waals surface area contributed by atoms with Gasteiger partial charge in [-0.2, -0.15) is 0 Å². The van der Waals surface area contributed by atoms with Gasteiger partial charge in [-0.3, -0.25) is 24.6 Å². The van der Waals surface area contributed by atoms with Gasteiger partial charge in [0.25, 0.3) is 16.8 Å². The van der Waals surface area contributed by atoms with Gasteiger partial charge in [0.05, 0.1) is 23.5 Å². The van der Waals surface area contributed by atoms with Crippen molar-refractivity contribution in [2.24, 2.45) is 0 Å². The summed E-state index contributed by atoms with van der Waals surface area (Å²) in [6.07, 6.45) is 1.51. The lowest BCUT2D eigenvalue weighted by Crippen LogP contribution is -2.32. The van der Waals surface area contributed by atoms with Gasteiger partial charge in [-0.25, -0.2) is 0 Å². The molecule has 0 unspecified atom stereocenters. The van der Waals surface area contributed by atoms with E-state index in [1.165, 1.54) is 25.3 Å². The number of thioether (sulfide) groups is 1. The summed E-state index contributed by atoms with van der Waals surface area (Å²) < 4.78 is 16.7. The summed E-state index contributed by atoms with van der Waals surface area (Å²) >= 11 is 0.827. The number of methoxy groups -OCH3 is 1. The Bertz CT molecular complexity index is 1300. The quantitative estimate of drug-likeness (QED) is 0.243. The number of non-ortho nitro benzene ring substituents is 1. The second-order valence-electron chi connectivity index (χ2n) is 7.29. The lowest BCUT2D eigenvalue weighted by atomic mass is 10.1. The minimum absolute atomic E-state index is 0.00334. The first-order valence-electron chi connectivity index (χ1n) is 10.2. The first-order chi connectivity index (χ1) is 16.4. The molecule has 1 aliphatic heterocycles. The maximum atomic E-state index is 12.7. The van der Waals surface area contributed by atoms with Gasteiger partial charge in [0, 0.05) is 23.8 Å². The van der Waals surface area contributed by atoms with E-state index in [-0.39, 0.29) is 23.7 Å². The molecule has 4 rings (SSSR count). The second kappa shape index (κ2) is 9.84. The molecule has 1 aliphatic rings. The molecule has 0 radical (unpaired) electrons. The Morgan fingerprint density at radius 2 is 1.88 bits per heavy atom. The third-order valence-corrected chi connectivity index (χ3v) is 6.01. The van der Waals surface area contributed by atoms with E-state index >= 15 is 0 Å². The Morgan fingerprint density at radius 3 is 2.59 bits per heavy atom. The number of nitro benzene ring substituents is 1. The largest absolute Gasteiger partial charge is 0.493 e. The summed E-state index contributed by atoms with van der Waals surface area (Å²) in [6, 6.07) is 15.0. The number of carbonyl (C=O) groups is 2. The number of imide groups is 1. The molecular formula is C24H20N2O7S. The Balaban J connectivity index is 1.43. The zero-order valence-electron chi connectivity index (χ0n) is 18.3. The van der Waals surface area contributed by atoms with Crippen LogP contribution < -0.4 is 9.47 Å². The lowest BCUT2D eigenvalue weighted by Gasteiger charge is -2.14. The van der Waals surface area contributed by atoms with Crippen molar-refractivity contribution in [2.45, 2.75) is 6.92 Å². The van der Waals surface area contributed by atoms with Crippen LogP contribution in [0.4, 0.5) is 10.5 Å². The van der Waals surface area contributed by atoms with Crippen molar-refractivity contribution in [3.05, 3.63) is 80.9 Å². The van der Waals surface area contributed by atoms with Gasteiger partial charge < -0.3 is 13.9 Å². The highest BCUT2D eigenvalue weighted by Gasteiger charge is 2.35. The minimum Gasteiger partial charge on any atom is -0.493 e. The average molecular weight is 480 g/mol. The lowest BCUT2D eigenvalue weighted by molar-refractivity contribution is -0.384. The van der Waals surface area contributed by atoms with E-state index in [0.29, 0.717) is 34.1 Å². The number of nitrogens with zero attached hydrogens (tertiary/aromatic N) is 2. The molecule has 0 aliphatic carbocycles. The summed E-state index contributed by atoms with van der Waals surface area (Å²) in [7, 11) is 1.53. The molecule has 0 bridgehead atoms. The molecule has 2 heterocycles. The van der Waals surface area contributed by atoms with Crippen LogP contribution in [0.25, 0.3) is 17.4 Å². The number of aryl methyl sites for hydroxylation is 1. The molecule has 2 aromatic carbocycles. The summed E-state index contributed by atoms with van der Waals surface area (Å²) in [5, 5.41) is 10.6. The SMILES string of the molecule is COc1ccccc1OCCN1C(=O)S/C(=C\c2ccc(-c3ccc([N+](=O)[O-])cc3C)o2)C1=O. The maximum Gasteiger partial charge on any atom is 0.293 e. The molecule has 0 atom stereocenters. The van der Waals surface area contributed by atoms with Crippen molar-refractivity contribution in [1.82, 2.24) is 4.90 Å². The van der Waals surface area contributed by atoms with Gasteiger partial charge in [-0.15, -0.1) is 0 Å². The van der Waals surface area contributed by atoms with Crippen LogP contribution in [0.15, 0.2) is 63.9 Å². The standard InChI is InChI=1S/C24H20N2O7S/c1-15-13-16(26(29)30)7-9-18(15)19-10-8-17(33-19)14-22-23(27)25(24(28)34-22)11-12-32-21-6-4-3-5-20(21)31-2/h3-10,13-14H,11-12H2,1-2H3/b22-14-. The summed E-state index contributed by atoms with van der Waals surface area (Å²) in [5.74, 6) is 1.56. The molecule has 2 amide bonds. The van der Waals surface area contributed by atoms with Crippen LogP contribution >= 0.6 is 11.8 Å². The third-order valence-electron chi connectivity index (χ3n) is 5.10. The van der Waals surface area contributed by atoms with Crippen molar-refractivity contribution in [1.29, 1.82) is 0 Å². The number of amides is 2. The molecule has 34 heavy (non-hydrogen) atoms. The number of hydrogen-bond donors (Lipinski definition) is 0. The van der Waals surface area contributed by atoms with Gasteiger partial charge >= 0.3 is 0 Å². The van der Waals surface area contributed by atoms with Crippen LogP contribution in [-0.4, -0.2) is 41.2 Å². The maximum absolute atomic E-state index is 12.7. The van der Waals surface area contributed by atoms with Crippen LogP contribution in [0, 0.1) is 17.0 Å². The second-order valence-corrected chi connectivity index (χ2v) is 8.28. The molecule has 10 heteroatoms. The topological polar surface area (TPSA) is 112 Å². The first kappa shape index (κ1) is 23.1. The molecule has 0 N–H and O–H groups in total. The third kappa shape index (κ3) is 4.81. The molecule has 9 nitrogen and oxygen atoms in total. The Hall–Kier alpha value is -4.05. The van der Waals surface area contributed by atoms with Crippen molar-refractivity contribution >= 4 is 34.7 Å². The molecular weight excluding hydrogens is 460 g/mol. The van der Waals surface area contributed by atoms with E-state index in [2.05, 4.69) is 0 Å². The molecule has 0 saturated carbocycles. The van der Waals surface area contributed by atoms with Crippen molar-refractivity contribution in [3.63, 3.8) is 0 Å². The number of para-hydroxylation sites is 2. The number of furan rings is 1.